The number of hydrogen-bond donors (Lipinski definition) is 0. The lowest BCUT2D eigenvalue weighted by molar-refractivity contribution is 0.699. The van der Waals surface area contributed by atoms with Gasteiger partial charge >= 0.3 is 5.69 Å². The predicted molar refractivity (Wildman–Crippen MR) is 133 cm³/mol. The summed E-state index contributed by atoms with van der Waals surface area (Å²) in [5.41, 5.74) is 2.87. The summed E-state index contributed by atoms with van der Waals surface area (Å²) in [6, 6.07) is 24.3. The van der Waals surface area contributed by atoms with Gasteiger partial charge in [0.05, 0.1) is 18.8 Å². The molecule has 1 aliphatic heterocycles. The molecule has 8 heteroatoms. The van der Waals surface area contributed by atoms with E-state index in [0.29, 0.717) is 30.2 Å². The molecule has 1 aliphatic rings. The van der Waals surface area contributed by atoms with Gasteiger partial charge in [-0.1, -0.05) is 72.8 Å². The van der Waals surface area contributed by atoms with Crippen LogP contribution in [-0.4, -0.2) is 24.4 Å². The molecule has 3 heterocycles. The van der Waals surface area contributed by atoms with Crippen molar-refractivity contribution in [2.45, 2.75) is 13.1 Å². The van der Waals surface area contributed by atoms with Crippen LogP contribution in [0.5, 0.6) is 0 Å². The van der Waals surface area contributed by atoms with Crippen LogP contribution in [0.3, 0.4) is 0 Å². The van der Waals surface area contributed by atoms with Crippen molar-refractivity contribution in [1.82, 2.24) is 18.7 Å². The van der Waals surface area contributed by atoms with Crippen LogP contribution < -0.4 is 16.3 Å². The third-order valence-electron chi connectivity index (χ3n) is 6.42. The maximum absolute atomic E-state index is 13.1. The Kier molecular flexibility index (Phi) is 4.48. The second-order valence-corrected chi connectivity index (χ2v) is 8.48. The maximum Gasteiger partial charge on any atom is 0.332 e. The highest BCUT2D eigenvalue weighted by Gasteiger charge is 2.28. The first-order valence-electron chi connectivity index (χ1n) is 11.1. The molecule has 2 aromatic heterocycles. The van der Waals surface area contributed by atoms with Crippen molar-refractivity contribution in [3.63, 3.8) is 0 Å². The number of anilines is 1. The molecule has 0 spiro atoms. The lowest BCUT2D eigenvalue weighted by atomic mass is 10.0. The van der Waals surface area contributed by atoms with Crippen LogP contribution in [0.4, 0.5) is 5.95 Å². The summed E-state index contributed by atoms with van der Waals surface area (Å²) in [5.74, 6) is 0.543. The first-order valence-corrected chi connectivity index (χ1v) is 11.1. The van der Waals surface area contributed by atoms with E-state index in [1.54, 1.807) is 7.05 Å². The van der Waals surface area contributed by atoms with Crippen molar-refractivity contribution in [1.29, 1.82) is 0 Å². The Morgan fingerprint density at radius 2 is 1.59 bits per heavy atom. The summed E-state index contributed by atoms with van der Waals surface area (Å²) in [7, 11) is 3.13. The van der Waals surface area contributed by atoms with Crippen molar-refractivity contribution in [2.75, 3.05) is 5.01 Å². The van der Waals surface area contributed by atoms with Gasteiger partial charge in [-0.3, -0.25) is 18.5 Å². The third-order valence-corrected chi connectivity index (χ3v) is 6.42. The van der Waals surface area contributed by atoms with Gasteiger partial charge in [-0.05, 0) is 21.9 Å². The van der Waals surface area contributed by atoms with Gasteiger partial charge in [-0.25, -0.2) is 9.80 Å². The number of fused-ring (bicyclic) bond motifs is 4. The van der Waals surface area contributed by atoms with E-state index < -0.39 is 5.69 Å². The van der Waals surface area contributed by atoms with Crippen molar-refractivity contribution >= 4 is 33.6 Å². The fourth-order valence-electron chi connectivity index (χ4n) is 4.63. The zero-order valence-electron chi connectivity index (χ0n) is 18.8. The minimum atomic E-state index is -0.405. The summed E-state index contributed by atoms with van der Waals surface area (Å²) in [6.07, 6.45) is 0. The summed E-state index contributed by atoms with van der Waals surface area (Å²) in [6.45, 7) is 0.852. The summed E-state index contributed by atoms with van der Waals surface area (Å²) < 4.78 is 4.41. The van der Waals surface area contributed by atoms with Gasteiger partial charge in [0.25, 0.3) is 5.56 Å². The number of benzene rings is 3. The Balaban J connectivity index is 1.59. The van der Waals surface area contributed by atoms with Gasteiger partial charge in [0.1, 0.15) is 0 Å². The Morgan fingerprint density at radius 3 is 2.41 bits per heavy atom. The topological polar surface area (TPSA) is 77.4 Å². The van der Waals surface area contributed by atoms with Crippen LogP contribution in [0, 0.1) is 0 Å². The number of nitrogens with zero attached hydrogens (tertiary/aromatic N) is 6. The molecule has 0 saturated heterocycles. The summed E-state index contributed by atoms with van der Waals surface area (Å²) >= 11 is 0. The van der Waals surface area contributed by atoms with Crippen molar-refractivity contribution < 1.29 is 0 Å². The van der Waals surface area contributed by atoms with Gasteiger partial charge in [0.2, 0.25) is 5.95 Å². The van der Waals surface area contributed by atoms with Gasteiger partial charge in [0, 0.05) is 14.1 Å². The molecule has 5 aromatic rings. The molecule has 0 bridgehead atoms. The molecule has 34 heavy (non-hydrogen) atoms. The highest BCUT2D eigenvalue weighted by Crippen LogP contribution is 2.28. The Labute approximate surface area is 194 Å². The lowest BCUT2D eigenvalue weighted by Gasteiger charge is -2.26. The summed E-state index contributed by atoms with van der Waals surface area (Å²) in [4.78, 5) is 30.4. The lowest BCUT2D eigenvalue weighted by Crippen LogP contribution is -2.38. The van der Waals surface area contributed by atoms with E-state index in [1.807, 2.05) is 58.1 Å². The first-order chi connectivity index (χ1) is 16.5. The van der Waals surface area contributed by atoms with Gasteiger partial charge in [-0.15, -0.1) is 0 Å². The average Bonchev–Trinajstić information content (AvgIpc) is 3.27. The Hall–Kier alpha value is -4.46. The zero-order valence-corrected chi connectivity index (χ0v) is 18.8. The Bertz CT molecular complexity index is 1720. The number of aryl methyl sites for hydroxylation is 1. The van der Waals surface area contributed by atoms with E-state index in [4.69, 9.17) is 10.1 Å². The molecule has 6 rings (SSSR count). The van der Waals surface area contributed by atoms with E-state index in [9.17, 15) is 9.59 Å². The van der Waals surface area contributed by atoms with Gasteiger partial charge < -0.3 is 0 Å². The van der Waals surface area contributed by atoms with E-state index in [2.05, 4.69) is 24.3 Å². The second-order valence-electron chi connectivity index (χ2n) is 8.48. The third kappa shape index (κ3) is 2.99. The molecule has 0 unspecified atom stereocenters. The molecule has 0 fully saturated rings. The zero-order chi connectivity index (χ0) is 23.4. The molecule has 0 saturated carbocycles. The Morgan fingerprint density at radius 1 is 0.853 bits per heavy atom. The van der Waals surface area contributed by atoms with Crippen LogP contribution in [0.15, 0.2) is 87.5 Å². The van der Waals surface area contributed by atoms with Crippen LogP contribution >= 0.6 is 0 Å². The predicted octanol–water partition coefficient (Wildman–Crippen LogP) is 3.01. The largest absolute Gasteiger partial charge is 0.332 e. The van der Waals surface area contributed by atoms with Crippen LogP contribution in [0.2, 0.25) is 0 Å². The van der Waals surface area contributed by atoms with E-state index in [1.165, 1.54) is 11.6 Å². The standard InChI is InChI=1S/C26H22N6O2/c1-29-23-22(24(33)30(2)26(29)34)31-16-21(18-10-4-3-5-11-18)28-32(25(31)27-23)15-19-13-8-12-17-9-6-7-14-20(17)19/h3-14H,15-16H2,1-2H3. The van der Waals surface area contributed by atoms with Gasteiger partial charge in [0.15, 0.2) is 11.2 Å². The summed E-state index contributed by atoms with van der Waals surface area (Å²) in [5, 5.41) is 9.08. The molecular weight excluding hydrogens is 428 g/mol. The van der Waals surface area contributed by atoms with Crippen molar-refractivity contribution in [3.8, 4) is 0 Å². The minimum Gasteiger partial charge on any atom is -0.297 e. The minimum absolute atomic E-state index is 0.357. The number of imidazole rings is 1. The molecule has 0 amide bonds. The SMILES string of the molecule is Cn1c(=O)c2c(nc3n2CC(c2ccccc2)=NN3Cc2cccc3ccccc23)n(C)c1=O. The van der Waals surface area contributed by atoms with Crippen molar-refractivity contribution in [3.05, 3.63) is 105 Å². The molecule has 168 valence electrons. The van der Waals surface area contributed by atoms with Gasteiger partial charge in [-0.2, -0.15) is 10.1 Å². The maximum atomic E-state index is 13.1. The number of rotatable bonds is 3. The molecule has 0 aliphatic carbocycles. The van der Waals surface area contributed by atoms with E-state index in [0.717, 1.165) is 32.2 Å². The number of hydrogen-bond acceptors (Lipinski definition) is 5. The first kappa shape index (κ1) is 20.2. The fourth-order valence-corrected chi connectivity index (χ4v) is 4.63. The highest BCUT2D eigenvalue weighted by molar-refractivity contribution is 6.02. The van der Waals surface area contributed by atoms with E-state index >= 15 is 0 Å². The smallest absolute Gasteiger partial charge is 0.297 e. The van der Waals surface area contributed by atoms with Crippen molar-refractivity contribution in [2.24, 2.45) is 19.2 Å². The molecular formula is C26H22N6O2. The molecule has 0 atom stereocenters. The monoisotopic (exact) mass is 450 g/mol. The quantitative estimate of drug-likeness (QED) is 0.423. The van der Waals surface area contributed by atoms with E-state index in [-0.39, 0.29) is 5.56 Å². The number of hydrazone groups is 1. The highest BCUT2D eigenvalue weighted by atomic mass is 16.2. The molecule has 3 aromatic carbocycles. The molecule has 0 N–H and O–H groups in total. The van der Waals surface area contributed by atoms with Crippen LogP contribution in [0.25, 0.3) is 21.9 Å². The van der Waals surface area contributed by atoms with Crippen LogP contribution in [-0.2, 0) is 27.2 Å². The number of aromatic nitrogens is 4. The fraction of sp³-hybridized carbons (Fsp3) is 0.154. The molecule has 8 nitrogen and oxygen atoms in total. The molecule has 0 radical (unpaired) electrons. The normalized spacial score (nSPS) is 13.4. The van der Waals surface area contributed by atoms with Crippen LogP contribution in [0.1, 0.15) is 11.1 Å². The average molecular weight is 451 g/mol. The second kappa shape index (κ2) is 7.55.